The molecule has 0 spiro atoms. The molecule has 1 aliphatic rings. The Kier molecular flexibility index (Phi) is 2.99. The van der Waals surface area contributed by atoms with Crippen molar-refractivity contribution in [1.82, 2.24) is 0 Å². The smallest absolute Gasteiger partial charge is 0.286 e. The lowest BCUT2D eigenvalue weighted by Crippen LogP contribution is -2.12. The van der Waals surface area contributed by atoms with Crippen molar-refractivity contribution in [3.05, 3.63) is 34.2 Å². The van der Waals surface area contributed by atoms with Crippen molar-refractivity contribution in [3.63, 3.8) is 0 Å². The van der Waals surface area contributed by atoms with E-state index in [0.717, 1.165) is 30.4 Å². The predicted octanol–water partition coefficient (Wildman–Crippen LogP) is 2.50. The normalized spacial score (nSPS) is 18.9. The van der Waals surface area contributed by atoms with Gasteiger partial charge in [-0.1, -0.05) is 6.07 Å². The fourth-order valence-corrected chi connectivity index (χ4v) is 2.36. The Morgan fingerprint density at radius 2 is 2.31 bits per heavy atom. The van der Waals surface area contributed by atoms with E-state index in [-0.39, 0.29) is 18.1 Å². The van der Waals surface area contributed by atoms with Crippen LogP contribution in [0.1, 0.15) is 36.3 Å². The minimum absolute atomic E-state index is 0.0783. The van der Waals surface area contributed by atoms with Crippen molar-refractivity contribution in [2.45, 2.75) is 31.6 Å². The zero-order valence-electron chi connectivity index (χ0n) is 8.85. The van der Waals surface area contributed by atoms with Gasteiger partial charge < -0.3 is 5.11 Å². The highest BCUT2D eigenvalue weighted by Crippen LogP contribution is 2.35. The third-order valence-electron chi connectivity index (χ3n) is 3.09. The van der Waals surface area contributed by atoms with E-state index >= 15 is 0 Å². The molecule has 1 unspecified atom stereocenters. The van der Waals surface area contributed by atoms with Crippen LogP contribution in [0.5, 0.6) is 5.75 Å². The van der Waals surface area contributed by atoms with Crippen molar-refractivity contribution >= 4 is 5.91 Å². The van der Waals surface area contributed by atoms with Crippen molar-refractivity contribution < 1.29 is 9.90 Å². The number of hydrogen-bond acceptors (Lipinski definition) is 3. The van der Waals surface area contributed by atoms with Crippen LogP contribution >= 0.6 is 0 Å². The molecule has 0 saturated carbocycles. The van der Waals surface area contributed by atoms with Crippen molar-refractivity contribution in [3.8, 4) is 5.75 Å². The summed E-state index contributed by atoms with van der Waals surface area (Å²) in [4.78, 5) is 21.1. The zero-order valence-corrected chi connectivity index (χ0v) is 8.85. The van der Waals surface area contributed by atoms with Gasteiger partial charge in [-0.25, -0.2) is 0 Å². The molecule has 1 aromatic rings. The second-order valence-electron chi connectivity index (χ2n) is 4.16. The number of carbonyl (C=O) groups is 1. The summed E-state index contributed by atoms with van der Waals surface area (Å²) in [6.07, 6.45) is 2.98. The van der Waals surface area contributed by atoms with Crippen LogP contribution in [0, 0.1) is 4.91 Å². The maximum atomic E-state index is 11.0. The fourth-order valence-electron chi connectivity index (χ4n) is 2.36. The maximum Gasteiger partial charge on any atom is 0.286 e. The molecular weight excluding hydrogens is 206 g/mol. The molecule has 1 aromatic carbocycles. The Morgan fingerprint density at radius 3 is 3.06 bits per heavy atom. The minimum atomic E-state index is -0.592. The van der Waals surface area contributed by atoms with Crippen LogP contribution in [0.25, 0.3) is 0 Å². The second kappa shape index (κ2) is 4.43. The number of aryl methyl sites for hydroxylation is 1. The van der Waals surface area contributed by atoms with Crippen LogP contribution in [-0.4, -0.2) is 11.0 Å². The van der Waals surface area contributed by atoms with Crippen LogP contribution in [0.4, 0.5) is 0 Å². The van der Waals surface area contributed by atoms with Crippen LogP contribution in [0.2, 0.25) is 0 Å². The number of rotatable bonds is 2. The number of phenolic OH excluding ortho intramolecular Hbond substituents is 1. The first kappa shape index (κ1) is 10.8. The zero-order chi connectivity index (χ0) is 11.5. The number of nitroso groups, excluding NO2 is 1. The molecule has 1 atom stereocenters. The Balaban J connectivity index is 2.26. The minimum Gasteiger partial charge on any atom is -0.508 e. The van der Waals surface area contributed by atoms with E-state index in [9.17, 15) is 14.8 Å². The van der Waals surface area contributed by atoms with E-state index in [1.54, 1.807) is 12.1 Å². The van der Waals surface area contributed by atoms with Crippen molar-refractivity contribution in [2.24, 2.45) is 5.18 Å². The van der Waals surface area contributed by atoms with Gasteiger partial charge in [0.15, 0.2) is 0 Å². The fraction of sp³-hybridized carbons (Fsp3) is 0.417. The highest BCUT2D eigenvalue weighted by atomic mass is 16.3. The summed E-state index contributed by atoms with van der Waals surface area (Å²) in [6, 6.07) is 5.20. The average Bonchev–Trinajstić information content (AvgIpc) is 2.28. The molecule has 1 amide bonds. The Labute approximate surface area is 93.3 Å². The summed E-state index contributed by atoms with van der Waals surface area (Å²) in [5.74, 6) is -0.264. The Bertz CT molecular complexity index is 428. The summed E-state index contributed by atoms with van der Waals surface area (Å²) >= 11 is 0. The van der Waals surface area contributed by atoms with E-state index in [1.165, 1.54) is 0 Å². The lowest BCUT2D eigenvalue weighted by Gasteiger charge is -2.24. The number of carbonyl (C=O) groups excluding carboxylic acids is 1. The molecule has 1 N–H and O–H groups in total. The third kappa shape index (κ3) is 2.10. The Hall–Kier alpha value is -1.71. The molecule has 0 bridgehead atoms. The van der Waals surface area contributed by atoms with Gasteiger partial charge in [-0.05, 0) is 48.4 Å². The molecule has 0 radical (unpaired) electrons. The second-order valence-corrected chi connectivity index (χ2v) is 4.16. The number of amides is 1. The van der Waals surface area contributed by atoms with Gasteiger partial charge >= 0.3 is 0 Å². The molecular formula is C12H13NO3. The lowest BCUT2D eigenvalue weighted by atomic mass is 9.81. The van der Waals surface area contributed by atoms with Crippen molar-refractivity contribution in [1.29, 1.82) is 0 Å². The molecule has 0 aromatic heterocycles. The summed E-state index contributed by atoms with van der Waals surface area (Å²) in [5, 5.41) is 11.8. The van der Waals surface area contributed by atoms with Gasteiger partial charge in [-0.15, -0.1) is 4.91 Å². The van der Waals surface area contributed by atoms with Gasteiger partial charge in [-0.2, -0.15) is 0 Å². The highest BCUT2D eigenvalue weighted by Gasteiger charge is 2.23. The largest absolute Gasteiger partial charge is 0.508 e. The predicted molar refractivity (Wildman–Crippen MR) is 59.2 cm³/mol. The molecule has 0 fully saturated rings. The number of benzene rings is 1. The maximum absolute atomic E-state index is 11.0. The third-order valence-corrected chi connectivity index (χ3v) is 3.09. The van der Waals surface area contributed by atoms with E-state index in [4.69, 9.17) is 0 Å². The molecule has 1 aliphatic carbocycles. The highest BCUT2D eigenvalue weighted by molar-refractivity contribution is 5.77. The van der Waals surface area contributed by atoms with Gasteiger partial charge in [0, 0.05) is 11.6 Å². The topological polar surface area (TPSA) is 66.7 Å². The molecule has 0 heterocycles. The molecule has 4 nitrogen and oxygen atoms in total. The van der Waals surface area contributed by atoms with Gasteiger partial charge in [0.1, 0.15) is 5.75 Å². The molecule has 4 heteroatoms. The lowest BCUT2D eigenvalue weighted by molar-refractivity contribution is -0.118. The number of hydrogen-bond donors (Lipinski definition) is 1. The molecule has 0 aliphatic heterocycles. The SMILES string of the molecule is O=NC(=O)CC1CCCc2cc(O)ccc21. The van der Waals surface area contributed by atoms with E-state index in [1.807, 2.05) is 6.07 Å². The number of phenols is 1. The van der Waals surface area contributed by atoms with Gasteiger partial charge in [0.2, 0.25) is 0 Å². The Morgan fingerprint density at radius 1 is 1.50 bits per heavy atom. The van der Waals surface area contributed by atoms with Gasteiger partial charge in [-0.3, -0.25) is 4.79 Å². The summed E-state index contributed by atoms with van der Waals surface area (Å²) in [5.41, 5.74) is 2.15. The van der Waals surface area contributed by atoms with E-state index in [2.05, 4.69) is 5.18 Å². The van der Waals surface area contributed by atoms with E-state index in [0.29, 0.717) is 0 Å². The number of nitrogens with zero attached hydrogens (tertiary/aromatic N) is 1. The summed E-state index contributed by atoms with van der Waals surface area (Å²) in [6.45, 7) is 0. The number of aromatic hydroxyl groups is 1. The molecule has 84 valence electrons. The average molecular weight is 219 g/mol. The standard InChI is InChI=1S/C12H13NO3/c14-10-4-5-11-8(6-10)2-1-3-9(11)7-12(15)13-16/h4-6,9,14H,1-3,7H2. The quantitative estimate of drug-likeness (QED) is 0.777. The summed E-state index contributed by atoms with van der Waals surface area (Å²) < 4.78 is 0. The monoisotopic (exact) mass is 219 g/mol. The van der Waals surface area contributed by atoms with Crippen LogP contribution < -0.4 is 0 Å². The first-order chi connectivity index (χ1) is 7.70. The molecule has 2 rings (SSSR count). The van der Waals surface area contributed by atoms with Crippen LogP contribution in [-0.2, 0) is 11.2 Å². The first-order valence-electron chi connectivity index (χ1n) is 5.38. The van der Waals surface area contributed by atoms with Gasteiger partial charge in [0.25, 0.3) is 5.91 Å². The van der Waals surface area contributed by atoms with Crippen LogP contribution in [0.15, 0.2) is 23.4 Å². The first-order valence-corrected chi connectivity index (χ1v) is 5.38. The van der Waals surface area contributed by atoms with Crippen molar-refractivity contribution in [2.75, 3.05) is 0 Å². The molecule has 16 heavy (non-hydrogen) atoms. The number of fused-ring (bicyclic) bond motifs is 1. The van der Waals surface area contributed by atoms with E-state index < -0.39 is 5.91 Å². The van der Waals surface area contributed by atoms with Gasteiger partial charge in [0.05, 0.1) is 0 Å². The molecule has 0 saturated heterocycles. The summed E-state index contributed by atoms with van der Waals surface area (Å²) in [7, 11) is 0. The van der Waals surface area contributed by atoms with Crippen LogP contribution in [0.3, 0.4) is 0 Å².